The number of aliphatic hydroxyl groups excluding tert-OH is 1. The summed E-state index contributed by atoms with van der Waals surface area (Å²) in [5.74, 6) is -2.23. The molecule has 16 nitrogen and oxygen atoms in total. The molecular weight excluding hydrogens is 1060 g/mol. The Morgan fingerprint density at radius 1 is 0.838 bits per heavy atom. The van der Waals surface area contributed by atoms with Gasteiger partial charge in [0.1, 0.15) is 18.8 Å². The predicted octanol–water partition coefficient (Wildman–Crippen LogP) is 8.68. The Hall–Kier alpha value is -5.11. The summed E-state index contributed by atoms with van der Waals surface area (Å²) in [5.41, 5.74) is -3.01. The lowest BCUT2D eigenvalue weighted by molar-refractivity contribution is -0.181. The third kappa shape index (κ3) is 20.4. The maximum atomic E-state index is 13.7. The van der Waals surface area contributed by atoms with Crippen LogP contribution in [-0.4, -0.2) is 128 Å². The van der Waals surface area contributed by atoms with Gasteiger partial charge in [-0.3, -0.25) is 29.3 Å². The largest absolute Gasteiger partial charge is 0.466 e. The molecule has 2 amide bonds. The first kappa shape index (κ1) is 67.4. The Morgan fingerprint density at radius 2 is 1.44 bits per heavy atom. The van der Waals surface area contributed by atoms with Crippen molar-refractivity contribution in [2.75, 3.05) is 58.2 Å². The summed E-state index contributed by atoms with van der Waals surface area (Å²) in [4.78, 5) is 89.0. The zero-order valence-electron chi connectivity index (χ0n) is 48.1. The van der Waals surface area contributed by atoms with Crippen LogP contribution in [0.4, 0.5) is 0 Å². The molecule has 18 heteroatoms. The number of fused-ring (bicyclic) bond motifs is 5. The van der Waals surface area contributed by atoms with Gasteiger partial charge in [-0.05, 0) is 94.1 Å². The first-order valence-corrected chi connectivity index (χ1v) is 30.7. The molecular formula is C62H89N3O13S2. The number of rotatable bonds is 35. The van der Waals surface area contributed by atoms with Crippen LogP contribution in [0.15, 0.2) is 109 Å². The number of hydrogen-bond acceptors (Lipinski definition) is 16. The minimum absolute atomic E-state index is 0.00336. The maximum Gasteiger partial charge on any atom is 0.331 e. The summed E-state index contributed by atoms with van der Waals surface area (Å²) in [7, 11) is 4.30. The summed E-state index contributed by atoms with van der Waals surface area (Å²) >= 11 is 0. The maximum absolute atomic E-state index is 13.7. The van der Waals surface area contributed by atoms with Crippen molar-refractivity contribution in [1.82, 2.24) is 16.0 Å². The Balaban J connectivity index is 1.08. The number of allylic oxidation sites excluding steroid dienone is 15. The van der Waals surface area contributed by atoms with Gasteiger partial charge in [0, 0.05) is 71.9 Å². The van der Waals surface area contributed by atoms with Crippen molar-refractivity contribution >= 4 is 62.9 Å². The van der Waals surface area contributed by atoms with Gasteiger partial charge in [-0.1, -0.05) is 148 Å². The van der Waals surface area contributed by atoms with Crippen LogP contribution in [0.3, 0.4) is 0 Å². The normalized spacial score (nSPS) is 26.1. The minimum Gasteiger partial charge on any atom is -0.466 e. The van der Waals surface area contributed by atoms with Crippen LogP contribution in [0.1, 0.15) is 119 Å². The van der Waals surface area contributed by atoms with E-state index in [1.54, 1.807) is 53.7 Å². The Labute approximate surface area is 482 Å². The minimum atomic E-state index is -1.61. The summed E-state index contributed by atoms with van der Waals surface area (Å²) in [6.45, 7) is 12.0. The van der Waals surface area contributed by atoms with Gasteiger partial charge in [0.2, 0.25) is 5.91 Å². The summed E-state index contributed by atoms with van der Waals surface area (Å²) < 4.78 is 21.2. The average molecular weight is 1150 g/mol. The average Bonchev–Trinajstić information content (AvgIpc) is 3.26. The zero-order valence-corrected chi connectivity index (χ0v) is 49.8. The Bertz CT molecular complexity index is 2370. The van der Waals surface area contributed by atoms with Crippen LogP contribution < -0.4 is 16.0 Å². The number of nitrogens with one attached hydrogen (secondary N) is 3. The van der Waals surface area contributed by atoms with Gasteiger partial charge in [0.05, 0.1) is 26.4 Å². The second kappa shape index (κ2) is 34.4. The Kier molecular flexibility index (Phi) is 28.9. The van der Waals surface area contributed by atoms with Crippen LogP contribution in [0, 0.1) is 39.9 Å². The van der Waals surface area contributed by atoms with E-state index in [4.69, 9.17) is 14.2 Å². The number of hydrogen-bond donors (Lipinski definition) is 5. The van der Waals surface area contributed by atoms with Crippen LogP contribution in [0.2, 0.25) is 0 Å². The molecule has 0 aliphatic heterocycles. The Morgan fingerprint density at radius 3 is 2.06 bits per heavy atom. The molecule has 4 aliphatic carbocycles. The fraction of sp³-hybridized carbons (Fsp3) is 0.597. The molecule has 0 spiro atoms. The third-order valence-corrected chi connectivity index (χ3v) is 18.1. The van der Waals surface area contributed by atoms with Crippen molar-refractivity contribution in [3.05, 3.63) is 109 Å². The number of Topliss-reactive ketones (excluding diaryl/α,β-unsaturated/α-hetero) is 1. The molecule has 4 aliphatic rings. The van der Waals surface area contributed by atoms with Crippen molar-refractivity contribution in [3.8, 4) is 0 Å². The van der Waals surface area contributed by atoms with E-state index >= 15 is 0 Å². The summed E-state index contributed by atoms with van der Waals surface area (Å²) in [6, 6.07) is 0. The van der Waals surface area contributed by atoms with Crippen LogP contribution >= 0.6 is 21.6 Å². The van der Waals surface area contributed by atoms with E-state index in [2.05, 4.69) is 96.1 Å². The van der Waals surface area contributed by atoms with Gasteiger partial charge in [-0.25, -0.2) is 9.59 Å². The number of carbonyl (C=O) groups is 7. The van der Waals surface area contributed by atoms with Gasteiger partial charge in [0.15, 0.2) is 17.7 Å². The lowest BCUT2D eigenvalue weighted by Gasteiger charge is -2.60. The van der Waals surface area contributed by atoms with Crippen molar-refractivity contribution in [2.24, 2.45) is 39.9 Å². The quantitative estimate of drug-likeness (QED) is 0.00760. The molecule has 442 valence electrons. The molecule has 3 fully saturated rings. The molecule has 80 heavy (non-hydrogen) atoms. The lowest BCUT2D eigenvalue weighted by Crippen LogP contribution is -2.62. The van der Waals surface area contributed by atoms with Gasteiger partial charge in [0.25, 0.3) is 5.91 Å². The topological polar surface area (TPSA) is 233 Å². The van der Waals surface area contributed by atoms with E-state index in [0.29, 0.717) is 50.3 Å². The highest BCUT2D eigenvalue weighted by Crippen LogP contribution is 2.67. The van der Waals surface area contributed by atoms with E-state index in [1.165, 1.54) is 0 Å². The number of esters is 3. The van der Waals surface area contributed by atoms with E-state index in [0.717, 1.165) is 63.4 Å². The number of ketones is 2. The molecule has 0 unspecified atom stereocenters. The molecule has 0 aromatic carbocycles. The molecule has 0 radical (unpaired) electrons. The second-order valence-corrected chi connectivity index (χ2v) is 24.7. The fourth-order valence-corrected chi connectivity index (χ4v) is 13.4. The third-order valence-electron chi connectivity index (χ3n) is 15.7. The molecule has 4 rings (SSSR count). The zero-order chi connectivity index (χ0) is 58.6. The van der Waals surface area contributed by atoms with Gasteiger partial charge < -0.3 is 39.8 Å². The van der Waals surface area contributed by atoms with Crippen molar-refractivity contribution < 1.29 is 62.7 Å². The highest BCUT2D eigenvalue weighted by Gasteiger charge is 2.68. The monoisotopic (exact) mass is 1150 g/mol. The van der Waals surface area contributed by atoms with Crippen LogP contribution in [-0.2, 0) is 52.5 Å². The van der Waals surface area contributed by atoms with Crippen molar-refractivity contribution in [3.63, 3.8) is 0 Å². The van der Waals surface area contributed by atoms with Gasteiger partial charge in [-0.15, -0.1) is 0 Å². The van der Waals surface area contributed by atoms with Crippen molar-refractivity contribution in [2.45, 2.75) is 136 Å². The second-order valence-electron chi connectivity index (χ2n) is 22.0. The van der Waals surface area contributed by atoms with E-state index in [9.17, 15) is 43.8 Å². The predicted molar refractivity (Wildman–Crippen MR) is 315 cm³/mol. The van der Waals surface area contributed by atoms with Gasteiger partial charge in [-0.2, -0.15) is 0 Å². The molecule has 0 aromatic rings. The molecule has 0 bridgehead atoms. The van der Waals surface area contributed by atoms with Crippen molar-refractivity contribution in [1.29, 1.82) is 0 Å². The van der Waals surface area contributed by atoms with E-state index < -0.39 is 57.9 Å². The van der Waals surface area contributed by atoms with Crippen LogP contribution in [0.25, 0.3) is 0 Å². The highest BCUT2D eigenvalue weighted by atomic mass is 33.1. The molecule has 9 atom stereocenters. The first-order chi connectivity index (χ1) is 38.2. The highest BCUT2D eigenvalue weighted by molar-refractivity contribution is 8.76. The van der Waals surface area contributed by atoms with Crippen LogP contribution in [0.5, 0.6) is 0 Å². The number of carbonyl (C=O) groups excluding carboxylic acids is 7. The number of ether oxygens (including phenoxy) is 4. The SMILES string of the molecule is CC/C=C\C/C=C\C/C=C\C/C=C\C/C=C\C/C=C\CC(=O)OCC(C)(C)[C@@H](OC(=O)/C=C/C(=O)OC)C(=O)NCCC(=O)NCCSSCCNCOCC(=O)[C@@]1(O)CC[C@H]2[C@@H]3C[C@H](C)C4=CC(=O)C=C[C@]4(C)[C@H]3[C@@H](O)C[C@@]21C. The number of amides is 2. The van der Waals surface area contributed by atoms with E-state index in [1.807, 2.05) is 25.2 Å². The van der Waals surface area contributed by atoms with Gasteiger partial charge >= 0.3 is 17.9 Å². The summed E-state index contributed by atoms with van der Waals surface area (Å²) in [6.07, 6.45) is 36.9. The van der Waals surface area contributed by atoms with E-state index in [-0.39, 0.29) is 80.5 Å². The standard InChI is InChI=1S/C62H89N3O13S2/c1-8-9-10-11-12-13-14-15-16-17-18-19-20-21-22-23-24-25-26-54(71)77-43-59(3,4)57(78-55(72)28-27-53(70)75-7)58(73)65-34-31-52(69)64-36-38-80-79-37-35-63-44-76-42-51(68)62(74)33-30-48-47-39-45(2)49-40-46(66)29-32-60(49,5)56(47)50(67)41-61(48,62)6/h9-10,12-13,15-16,18-19,21-22,24-25,27-29,32,40,45,47-48,50,56-57,63,67,74H,8,11,14,17,20,23,26,30-31,33-39,41-44H2,1-7H3,(H,64,69)(H,65,73)/b10-9-,13-12-,16-15-,19-18-,22-21-,25-24-,28-27+/t45-,47-,48-,50-,56+,57-,60-,61-,62-/m0/s1. The number of methoxy groups -OCH3 is 1. The lowest BCUT2D eigenvalue weighted by atomic mass is 9.45. The smallest absolute Gasteiger partial charge is 0.331 e. The molecule has 0 saturated heterocycles. The molecule has 0 heterocycles. The fourth-order valence-electron chi connectivity index (χ4n) is 11.6. The summed E-state index contributed by atoms with van der Waals surface area (Å²) in [5, 5.41) is 32.4. The molecule has 5 N–H and O–H groups in total. The molecule has 0 aromatic heterocycles. The molecule has 3 saturated carbocycles. The first-order valence-electron chi connectivity index (χ1n) is 28.2. The number of aliphatic hydroxyl groups is 2.